The first kappa shape index (κ1) is 12.4. The van der Waals surface area contributed by atoms with Crippen LogP contribution in [0.15, 0.2) is 0 Å². The minimum atomic E-state index is -1.21. The van der Waals surface area contributed by atoms with Gasteiger partial charge in [-0.25, -0.2) is 0 Å². The fourth-order valence-electron chi connectivity index (χ4n) is 0.771. The summed E-state index contributed by atoms with van der Waals surface area (Å²) >= 11 is 0. The Kier molecular flexibility index (Phi) is 4.42. The maximum atomic E-state index is 10.6. The van der Waals surface area contributed by atoms with Crippen LogP contribution in [0, 0.1) is 16.9 Å². The SMILES string of the molecule is CC(C)(C=O)CCC#C[Si](C)(C)C. The number of aldehydes is 1. The van der Waals surface area contributed by atoms with Crippen LogP contribution < -0.4 is 0 Å². The summed E-state index contributed by atoms with van der Waals surface area (Å²) in [6.45, 7) is 10.6. The van der Waals surface area contributed by atoms with Crippen molar-refractivity contribution in [3.63, 3.8) is 0 Å². The zero-order valence-corrected chi connectivity index (χ0v) is 10.4. The van der Waals surface area contributed by atoms with Gasteiger partial charge in [0.15, 0.2) is 0 Å². The van der Waals surface area contributed by atoms with Crippen LogP contribution in [0.1, 0.15) is 26.7 Å². The normalized spacial score (nSPS) is 11.8. The fourth-order valence-corrected chi connectivity index (χ4v) is 1.43. The van der Waals surface area contributed by atoms with Crippen molar-refractivity contribution in [2.24, 2.45) is 5.41 Å². The van der Waals surface area contributed by atoms with Gasteiger partial charge in [-0.15, -0.1) is 11.5 Å². The van der Waals surface area contributed by atoms with Crippen molar-refractivity contribution in [1.29, 1.82) is 0 Å². The molecule has 0 N–H and O–H groups in total. The Hall–Kier alpha value is -0.553. The summed E-state index contributed by atoms with van der Waals surface area (Å²) in [6, 6.07) is 0. The minimum absolute atomic E-state index is 0.200. The molecule has 0 saturated heterocycles. The topological polar surface area (TPSA) is 17.1 Å². The van der Waals surface area contributed by atoms with Crippen LogP contribution >= 0.6 is 0 Å². The molecule has 0 aromatic heterocycles. The van der Waals surface area contributed by atoms with Gasteiger partial charge in [0.2, 0.25) is 0 Å². The molecule has 0 radical (unpaired) electrons. The Morgan fingerprint density at radius 3 is 2.23 bits per heavy atom. The highest BCUT2D eigenvalue weighted by Crippen LogP contribution is 2.18. The van der Waals surface area contributed by atoms with E-state index in [9.17, 15) is 4.79 Å². The average molecular weight is 196 g/mol. The summed E-state index contributed by atoms with van der Waals surface area (Å²) in [6.07, 6.45) is 2.73. The largest absolute Gasteiger partial charge is 0.303 e. The van der Waals surface area contributed by atoms with Crippen LogP contribution in [-0.2, 0) is 4.79 Å². The van der Waals surface area contributed by atoms with Crippen LogP contribution in [0.5, 0.6) is 0 Å². The van der Waals surface area contributed by atoms with Crippen molar-refractivity contribution in [3.05, 3.63) is 0 Å². The van der Waals surface area contributed by atoms with Crippen molar-refractivity contribution < 1.29 is 4.79 Å². The molecule has 0 aliphatic rings. The molecule has 0 spiro atoms. The molecule has 0 saturated carbocycles. The number of rotatable bonds is 3. The molecule has 0 aromatic carbocycles. The van der Waals surface area contributed by atoms with Crippen molar-refractivity contribution in [2.75, 3.05) is 0 Å². The van der Waals surface area contributed by atoms with E-state index < -0.39 is 8.07 Å². The molecule has 0 bridgehead atoms. The summed E-state index contributed by atoms with van der Waals surface area (Å²) in [7, 11) is -1.21. The first-order valence-corrected chi connectivity index (χ1v) is 8.23. The Morgan fingerprint density at radius 2 is 1.85 bits per heavy atom. The maximum Gasteiger partial charge on any atom is 0.129 e. The Balaban J connectivity index is 3.91. The number of hydrogen-bond donors (Lipinski definition) is 0. The van der Waals surface area contributed by atoms with E-state index in [1.807, 2.05) is 13.8 Å². The lowest BCUT2D eigenvalue weighted by molar-refractivity contribution is -0.114. The van der Waals surface area contributed by atoms with E-state index in [2.05, 4.69) is 31.1 Å². The molecule has 74 valence electrons. The molecular weight excluding hydrogens is 176 g/mol. The molecule has 13 heavy (non-hydrogen) atoms. The summed E-state index contributed by atoms with van der Waals surface area (Å²) in [4.78, 5) is 10.6. The second-order valence-corrected chi connectivity index (χ2v) is 9.91. The molecule has 0 fully saturated rings. The molecule has 0 atom stereocenters. The molecule has 0 amide bonds. The van der Waals surface area contributed by atoms with Gasteiger partial charge in [-0.1, -0.05) is 33.5 Å². The quantitative estimate of drug-likeness (QED) is 0.385. The molecule has 1 nitrogen and oxygen atoms in total. The first-order chi connectivity index (χ1) is 5.77. The van der Waals surface area contributed by atoms with Gasteiger partial charge in [-0.05, 0) is 6.42 Å². The van der Waals surface area contributed by atoms with Gasteiger partial charge in [0.25, 0.3) is 0 Å². The molecule has 0 heterocycles. The summed E-state index contributed by atoms with van der Waals surface area (Å²) < 4.78 is 0. The Bertz CT molecular complexity index is 225. The van der Waals surface area contributed by atoms with Crippen molar-refractivity contribution in [2.45, 2.75) is 46.3 Å². The van der Waals surface area contributed by atoms with E-state index in [1.165, 1.54) is 0 Å². The van der Waals surface area contributed by atoms with Gasteiger partial charge < -0.3 is 4.79 Å². The standard InChI is InChI=1S/C11H20OSi/c1-11(2,10-12)8-6-7-9-13(3,4)5/h10H,6,8H2,1-5H3. The highest BCUT2D eigenvalue weighted by molar-refractivity contribution is 6.83. The second-order valence-electron chi connectivity index (χ2n) is 5.16. The predicted molar refractivity (Wildman–Crippen MR) is 60.2 cm³/mol. The highest BCUT2D eigenvalue weighted by Gasteiger charge is 2.14. The van der Waals surface area contributed by atoms with Gasteiger partial charge in [-0.3, -0.25) is 0 Å². The van der Waals surface area contributed by atoms with Gasteiger partial charge in [-0.2, -0.15) is 0 Å². The number of carbonyl (C=O) groups is 1. The molecule has 0 aliphatic carbocycles. The second kappa shape index (κ2) is 4.62. The molecular formula is C11H20OSi. The van der Waals surface area contributed by atoms with Gasteiger partial charge in [0.05, 0.1) is 0 Å². The molecule has 0 aliphatic heterocycles. The summed E-state index contributed by atoms with van der Waals surface area (Å²) in [5, 5.41) is 0. The van der Waals surface area contributed by atoms with Crippen LogP contribution in [0.3, 0.4) is 0 Å². The lowest BCUT2D eigenvalue weighted by Gasteiger charge is -2.13. The minimum Gasteiger partial charge on any atom is -0.303 e. The van der Waals surface area contributed by atoms with E-state index in [-0.39, 0.29) is 5.41 Å². The molecule has 0 aromatic rings. The highest BCUT2D eigenvalue weighted by atomic mass is 28.3. The third kappa shape index (κ3) is 7.80. The van der Waals surface area contributed by atoms with Crippen molar-refractivity contribution in [1.82, 2.24) is 0 Å². The summed E-state index contributed by atoms with van der Waals surface area (Å²) in [5.41, 5.74) is 3.09. The fraction of sp³-hybridized carbons (Fsp3) is 0.727. The van der Waals surface area contributed by atoms with Gasteiger partial charge in [0.1, 0.15) is 14.4 Å². The molecule has 2 heteroatoms. The predicted octanol–water partition coefficient (Wildman–Crippen LogP) is 2.87. The average Bonchev–Trinajstić information content (AvgIpc) is 1.97. The van der Waals surface area contributed by atoms with Gasteiger partial charge >= 0.3 is 0 Å². The van der Waals surface area contributed by atoms with Crippen molar-refractivity contribution in [3.8, 4) is 11.5 Å². The monoisotopic (exact) mass is 196 g/mol. The number of carbonyl (C=O) groups excluding carboxylic acids is 1. The zero-order valence-electron chi connectivity index (χ0n) is 9.40. The molecule has 0 unspecified atom stereocenters. The van der Waals surface area contributed by atoms with E-state index in [0.29, 0.717) is 0 Å². The van der Waals surface area contributed by atoms with Crippen LogP contribution in [-0.4, -0.2) is 14.4 Å². The van der Waals surface area contributed by atoms with Crippen LogP contribution in [0.25, 0.3) is 0 Å². The van der Waals surface area contributed by atoms with Crippen LogP contribution in [0.2, 0.25) is 19.6 Å². The Morgan fingerprint density at radius 1 is 1.31 bits per heavy atom. The summed E-state index contributed by atoms with van der Waals surface area (Å²) in [5.74, 6) is 3.17. The third-order valence-electron chi connectivity index (χ3n) is 1.68. The smallest absolute Gasteiger partial charge is 0.129 e. The van der Waals surface area contributed by atoms with E-state index in [0.717, 1.165) is 19.1 Å². The Labute approximate surface area is 82.9 Å². The van der Waals surface area contributed by atoms with Gasteiger partial charge in [0, 0.05) is 11.8 Å². The van der Waals surface area contributed by atoms with E-state index in [4.69, 9.17) is 0 Å². The van der Waals surface area contributed by atoms with E-state index >= 15 is 0 Å². The van der Waals surface area contributed by atoms with E-state index in [1.54, 1.807) is 0 Å². The van der Waals surface area contributed by atoms with Crippen molar-refractivity contribution >= 4 is 14.4 Å². The lowest BCUT2D eigenvalue weighted by atomic mass is 9.90. The van der Waals surface area contributed by atoms with Crippen LogP contribution in [0.4, 0.5) is 0 Å². The first-order valence-electron chi connectivity index (χ1n) is 4.73. The lowest BCUT2D eigenvalue weighted by Crippen LogP contribution is -2.16. The zero-order chi connectivity index (χ0) is 10.5. The third-order valence-corrected chi connectivity index (χ3v) is 2.60. The number of hydrogen-bond acceptors (Lipinski definition) is 1. The maximum absolute atomic E-state index is 10.6. The molecule has 0 rings (SSSR count).